The SMILES string of the molecule is CCCCCOc1ccc(PC(=O)c2c(C)cc(C)cc2C)c(OCCCCC)c1.[H-].[Li+]. The van der Waals surface area contributed by atoms with Crippen molar-refractivity contribution >= 4 is 19.4 Å². The predicted octanol–water partition coefficient (Wildman–Crippen LogP) is 4.01. The number of hydrogen-bond donors (Lipinski definition) is 0. The fraction of sp³-hybridized carbons (Fsp3) is 0.500. The van der Waals surface area contributed by atoms with Gasteiger partial charge in [0.2, 0.25) is 0 Å². The molecule has 0 aromatic heterocycles. The van der Waals surface area contributed by atoms with E-state index >= 15 is 0 Å². The van der Waals surface area contributed by atoms with Crippen LogP contribution in [-0.4, -0.2) is 18.7 Å². The Morgan fingerprint density at radius 3 is 2.03 bits per heavy atom. The minimum absolute atomic E-state index is 0. The molecule has 5 heteroatoms. The molecule has 1 unspecified atom stereocenters. The standard InChI is InChI=1S/C26H37O3P.Li.H/c1-6-8-10-14-28-22-12-13-24(23(18-22)29-15-11-9-7-2)30-26(27)25-20(4)16-19(3)17-21(25)5;;/h12-13,16-18,30H,6-11,14-15H2,1-5H3;;/q;+1;-1. The summed E-state index contributed by atoms with van der Waals surface area (Å²) in [4.78, 5) is 13.1. The summed E-state index contributed by atoms with van der Waals surface area (Å²) in [6.45, 7) is 11.9. The van der Waals surface area contributed by atoms with Gasteiger partial charge in [0.15, 0.2) is 5.52 Å². The summed E-state index contributed by atoms with van der Waals surface area (Å²) in [5.41, 5.74) is 4.29. The Morgan fingerprint density at radius 2 is 1.45 bits per heavy atom. The molecule has 1 atom stereocenters. The molecule has 0 aliphatic heterocycles. The van der Waals surface area contributed by atoms with Gasteiger partial charge in [-0.2, -0.15) is 0 Å². The van der Waals surface area contributed by atoms with Gasteiger partial charge < -0.3 is 10.9 Å². The fourth-order valence-corrected chi connectivity index (χ4v) is 4.81. The monoisotopic (exact) mass is 436 g/mol. The molecule has 0 fully saturated rings. The van der Waals surface area contributed by atoms with Crippen LogP contribution in [0.4, 0.5) is 0 Å². The molecule has 0 saturated carbocycles. The molecule has 2 rings (SSSR count). The molecule has 0 aliphatic carbocycles. The summed E-state index contributed by atoms with van der Waals surface area (Å²) in [7, 11) is 0.0355. The van der Waals surface area contributed by atoms with Crippen LogP contribution in [-0.2, 0) is 0 Å². The first-order valence-electron chi connectivity index (χ1n) is 11.2. The zero-order valence-corrected chi connectivity index (χ0v) is 21.3. The Balaban J connectivity index is 0.00000480. The maximum absolute atomic E-state index is 13.1. The largest absolute Gasteiger partial charge is 1.00 e. The first kappa shape index (κ1) is 27.8. The number of carbonyl (C=O) groups excluding carboxylic acids is 1. The number of ether oxygens (including phenoxy) is 2. The van der Waals surface area contributed by atoms with Crippen molar-refractivity contribution in [2.45, 2.75) is 73.1 Å². The van der Waals surface area contributed by atoms with E-state index < -0.39 is 0 Å². The molecule has 0 amide bonds. The topological polar surface area (TPSA) is 35.5 Å². The molecule has 0 aliphatic rings. The van der Waals surface area contributed by atoms with E-state index in [1.54, 1.807) is 0 Å². The molecule has 0 heterocycles. The van der Waals surface area contributed by atoms with Crippen LogP contribution < -0.4 is 33.6 Å². The van der Waals surface area contributed by atoms with Crippen LogP contribution in [0.2, 0.25) is 0 Å². The zero-order chi connectivity index (χ0) is 21.9. The number of benzene rings is 2. The molecule has 0 saturated heterocycles. The van der Waals surface area contributed by atoms with Gasteiger partial charge in [-0.25, -0.2) is 0 Å². The summed E-state index contributed by atoms with van der Waals surface area (Å²) < 4.78 is 12.0. The van der Waals surface area contributed by atoms with E-state index in [9.17, 15) is 4.79 Å². The minimum atomic E-state index is 0. The normalized spacial score (nSPS) is 10.9. The van der Waals surface area contributed by atoms with E-state index in [0.29, 0.717) is 13.2 Å². The summed E-state index contributed by atoms with van der Waals surface area (Å²) in [6, 6.07) is 10.1. The number of carbonyl (C=O) groups is 1. The van der Waals surface area contributed by atoms with Crippen molar-refractivity contribution in [2.75, 3.05) is 13.2 Å². The summed E-state index contributed by atoms with van der Waals surface area (Å²) in [6.07, 6.45) is 6.72. The van der Waals surface area contributed by atoms with E-state index in [-0.39, 0.29) is 34.4 Å². The number of hydrogen-bond acceptors (Lipinski definition) is 3. The van der Waals surface area contributed by atoms with E-state index in [1.165, 1.54) is 18.4 Å². The quantitative estimate of drug-likeness (QED) is 0.270. The van der Waals surface area contributed by atoms with Crippen molar-refractivity contribution in [2.24, 2.45) is 0 Å². The van der Waals surface area contributed by atoms with Crippen LogP contribution in [0.15, 0.2) is 30.3 Å². The van der Waals surface area contributed by atoms with Crippen molar-refractivity contribution in [1.82, 2.24) is 0 Å². The number of unbranched alkanes of at least 4 members (excludes halogenated alkanes) is 4. The van der Waals surface area contributed by atoms with Crippen LogP contribution in [0.3, 0.4) is 0 Å². The number of rotatable bonds is 13. The van der Waals surface area contributed by atoms with Crippen LogP contribution >= 0.6 is 8.58 Å². The van der Waals surface area contributed by atoms with Gasteiger partial charge in [-0.05, 0) is 65.5 Å². The Kier molecular flexibility index (Phi) is 13.2. The van der Waals surface area contributed by atoms with Crippen molar-refractivity contribution in [1.29, 1.82) is 0 Å². The molecule has 3 nitrogen and oxygen atoms in total. The van der Waals surface area contributed by atoms with E-state index in [0.717, 1.165) is 59.2 Å². The van der Waals surface area contributed by atoms with Gasteiger partial charge in [-0.15, -0.1) is 0 Å². The maximum atomic E-state index is 13.1. The summed E-state index contributed by atoms with van der Waals surface area (Å²) in [5, 5.41) is 0.955. The van der Waals surface area contributed by atoms with Gasteiger partial charge in [-0.1, -0.05) is 57.2 Å². The molecule has 166 valence electrons. The van der Waals surface area contributed by atoms with E-state index in [2.05, 4.69) is 32.9 Å². The first-order chi connectivity index (χ1) is 14.5. The molecule has 31 heavy (non-hydrogen) atoms. The summed E-state index contributed by atoms with van der Waals surface area (Å²) in [5.74, 6) is 1.61. The minimum Gasteiger partial charge on any atom is -1.00 e. The second-order valence-corrected chi connectivity index (χ2v) is 9.24. The van der Waals surface area contributed by atoms with Gasteiger partial charge >= 0.3 is 18.9 Å². The molecule has 0 spiro atoms. The Bertz CT molecular complexity index is 819. The van der Waals surface area contributed by atoms with Crippen molar-refractivity contribution in [3.63, 3.8) is 0 Å². The average Bonchev–Trinajstić information content (AvgIpc) is 2.69. The van der Waals surface area contributed by atoms with Gasteiger partial charge in [-0.3, -0.25) is 4.79 Å². The van der Waals surface area contributed by atoms with E-state index in [4.69, 9.17) is 9.47 Å². The first-order valence-corrected chi connectivity index (χ1v) is 12.2. The van der Waals surface area contributed by atoms with Crippen LogP contribution in [0.1, 0.15) is 80.8 Å². The smallest absolute Gasteiger partial charge is 1.00 e. The predicted molar refractivity (Wildman–Crippen MR) is 131 cm³/mol. The second-order valence-electron chi connectivity index (χ2n) is 8.00. The third-order valence-corrected chi connectivity index (χ3v) is 6.29. The molecule has 2 aromatic carbocycles. The molecule has 0 radical (unpaired) electrons. The Hall–Kier alpha value is -1.26. The number of aryl methyl sites for hydroxylation is 3. The van der Waals surface area contributed by atoms with Gasteiger partial charge in [0.05, 0.1) is 13.2 Å². The van der Waals surface area contributed by atoms with Crippen molar-refractivity contribution in [3.05, 3.63) is 52.6 Å². The average molecular weight is 437 g/mol. The zero-order valence-electron chi connectivity index (χ0n) is 21.3. The van der Waals surface area contributed by atoms with Crippen molar-refractivity contribution < 1.29 is 34.6 Å². The van der Waals surface area contributed by atoms with Crippen molar-refractivity contribution in [3.8, 4) is 11.5 Å². The molecule has 0 bridgehead atoms. The maximum Gasteiger partial charge on any atom is 1.00 e. The van der Waals surface area contributed by atoms with Gasteiger partial charge in [0, 0.05) is 16.9 Å². The molecular formula is C26H38LiO3P. The third kappa shape index (κ3) is 9.02. The van der Waals surface area contributed by atoms with Crippen LogP contribution in [0.25, 0.3) is 0 Å². The fourth-order valence-electron chi connectivity index (χ4n) is 3.61. The second kappa shape index (κ2) is 14.7. The molecule has 2 aromatic rings. The molecule has 0 N–H and O–H groups in total. The Labute approximate surface area is 204 Å². The Morgan fingerprint density at radius 1 is 0.871 bits per heavy atom. The molecular weight excluding hydrogens is 398 g/mol. The van der Waals surface area contributed by atoms with Crippen LogP contribution in [0.5, 0.6) is 11.5 Å². The van der Waals surface area contributed by atoms with Gasteiger partial charge in [0.25, 0.3) is 0 Å². The van der Waals surface area contributed by atoms with Crippen LogP contribution in [0, 0.1) is 20.8 Å². The summed E-state index contributed by atoms with van der Waals surface area (Å²) >= 11 is 0. The third-order valence-electron chi connectivity index (χ3n) is 5.13. The van der Waals surface area contributed by atoms with Gasteiger partial charge in [0.1, 0.15) is 11.5 Å². The van der Waals surface area contributed by atoms with E-state index in [1.807, 2.05) is 32.0 Å².